The number of nitrogens with zero attached hydrogens (tertiary/aromatic N) is 5. The summed E-state index contributed by atoms with van der Waals surface area (Å²) in [6.07, 6.45) is 2.16. The van der Waals surface area contributed by atoms with Crippen molar-refractivity contribution in [1.82, 2.24) is 24.6 Å². The fraction of sp³-hybridized carbons (Fsp3) is 0.0455. The van der Waals surface area contributed by atoms with Crippen molar-refractivity contribution in [3.63, 3.8) is 0 Å². The first-order valence-corrected chi connectivity index (χ1v) is 14.1. The van der Waals surface area contributed by atoms with Gasteiger partial charge in [-0.1, -0.05) is 18.2 Å². The van der Waals surface area contributed by atoms with E-state index < -0.39 is 23.2 Å². The van der Waals surface area contributed by atoms with Crippen molar-refractivity contribution >= 4 is 45.8 Å². The predicted molar refractivity (Wildman–Crippen MR) is 131 cm³/mol. The molecule has 0 aliphatic heterocycles. The number of aromatic nitrogens is 5. The van der Waals surface area contributed by atoms with Crippen molar-refractivity contribution in [3.8, 4) is 11.4 Å². The summed E-state index contributed by atoms with van der Waals surface area (Å²) in [5.41, 5.74) is 1.33. The molecule has 11 nitrogen and oxygen atoms in total. The summed E-state index contributed by atoms with van der Waals surface area (Å²) in [6, 6.07) is 17.8. The first kappa shape index (κ1) is 22.6. The highest BCUT2D eigenvalue weighted by atomic mass is 33.2. The van der Waals surface area contributed by atoms with Gasteiger partial charge in [-0.2, -0.15) is 4.52 Å². The van der Waals surface area contributed by atoms with Crippen LogP contribution in [0.5, 0.6) is 0 Å². The average molecular weight is 508 g/mol. The van der Waals surface area contributed by atoms with Gasteiger partial charge in [0, 0.05) is 17.1 Å². The zero-order valence-corrected chi connectivity index (χ0v) is 19.7. The van der Waals surface area contributed by atoms with E-state index in [0.29, 0.717) is 16.7 Å². The van der Waals surface area contributed by atoms with Crippen molar-refractivity contribution in [1.29, 1.82) is 4.78 Å². The Bertz CT molecular complexity index is 1890. The average Bonchev–Trinajstić information content (AvgIpc) is 3.19. The van der Waals surface area contributed by atoms with E-state index in [2.05, 4.69) is 25.4 Å². The second kappa shape index (κ2) is 8.21. The van der Waals surface area contributed by atoms with Crippen LogP contribution in [0.25, 0.3) is 27.9 Å². The van der Waals surface area contributed by atoms with Gasteiger partial charge in [0.05, 0.1) is 16.7 Å². The molecule has 0 aliphatic carbocycles. The van der Waals surface area contributed by atoms with Crippen LogP contribution in [0.4, 0.5) is 11.6 Å². The molecule has 2 N–H and O–H groups in total. The van der Waals surface area contributed by atoms with Crippen molar-refractivity contribution in [2.75, 3.05) is 11.6 Å². The monoisotopic (exact) mass is 507 g/mol. The van der Waals surface area contributed by atoms with Crippen LogP contribution in [0.2, 0.25) is 0 Å². The zero-order valence-electron chi connectivity index (χ0n) is 18.1. The summed E-state index contributed by atoms with van der Waals surface area (Å²) in [7, 11) is -8.12. The van der Waals surface area contributed by atoms with Crippen LogP contribution in [-0.2, 0) is 17.6 Å². The molecular formula is C22H17N7O4S2. The van der Waals surface area contributed by atoms with Gasteiger partial charge in [-0.3, -0.25) is 4.79 Å². The van der Waals surface area contributed by atoms with E-state index in [-0.39, 0.29) is 22.4 Å². The molecule has 13 heteroatoms. The fourth-order valence-electron chi connectivity index (χ4n) is 3.39. The second-order valence-electron chi connectivity index (χ2n) is 7.53. The molecule has 0 spiro atoms. The standard InChI is InChI=1S/C22H17N7O4S2/c1-34(31,32)35(23,33)15-11-9-14(10-12-15)19-27-20-16-6-2-3-7-17(16)25-22(29(20)28-19)26-18-8-4-5-13-24-21(18)30/h2-13,23H,1H3,(H,24,25,26,30). The Morgan fingerprint density at radius 1 is 0.914 bits per heavy atom. The third kappa shape index (κ3) is 4.00. The van der Waals surface area contributed by atoms with Crippen LogP contribution in [0, 0.1) is 4.78 Å². The highest BCUT2D eigenvalue weighted by Crippen LogP contribution is 2.26. The van der Waals surface area contributed by atoms with Gasteiger partial charge in [0.1, 0.15) is 5.69 Å². The zero-order chi connectivity index (χ0) is 24.8. The van der Waals surface area contributed by atoms with E-state index in [1.807, 2.05) is 18.2 Å². The van der Waals surface area contributed by atoms with Crippen LogP contribution in [0.15, 0.2) is 82.6 Å². The molecule has 176 valence electrons. The van der Waals surface area contributed by atoms with Gasteiger partial charge >= 0.3 is 0 Å². The molecule has 3 aromatic heterocycles. The summed E-state index contributed by atoms with van der Waals surface area (Å²) in [4.78, 5) is 25.2. The van der Waals surface area contributed by atoms with Crippen LogP contribution in [-0.4, -0.2) is 43.4 Å². The van der Waals surface area contributed by atoms with E-state index in [1.54, 1.807) is 24.3 Å². The normalized spacial score (nSPS) is 13.5. The minimum atomic E-state index is -4.11. The molecular weight excluding hydrogens is 490 g/mol. The van der Waals surface area contributed by atoms with E-state index in [4.69, 9.17) is 4.78 Å². The number of benzene rings is 2. The van der Waals surface area contributed by atoms with Gasteiger partial charge in [0.15, 0.2) is 20.2 Å². The molecule has 1 unspecified atom stereocenters. The summed E-state index contributed by atoms with van der Waals surface area (Å²) < 4.78 is 45.2. The van der Waals surface area contributed by atoms with Gasteiger partial charge in [0.2, 0.25) is 14.8 Å². The molecule has 3 heterocycles. The highest BCUT2D eigenvalue weighted by molar-refractivity contribution is 8.67. The molecule has 1 atom stereocenters. The lowest BCUT2D eigenvalue weighted by molar-refractivity contribution is 0.609. The van der Waals surface area contributed by atoms with Crippen LogP contribution >= 0.6 is 0 Å². The maximum atomic E-state index is 12.4. The molecule has 35 heavy (non-hydrogen) atoms. The Balaban J connectivity index is 1.67. The smallest absolute Gasteiger partial charge is 0.293 e. The van der Waals surface area contributed by atoms with Crippen LogP contribution < -0.4 is 10.9 Å². The Hall–Kier alpha value is -4.23. The third-order valence-corrected chi connectivity index (χ3v) is 10.0. The number of fused-ring (bicyclic) bond motifs is 3. The predicted octanol–water partition coefficient (Wildman–Crippen LogP) is 2.81. The van der Waals surface area contributed by atoms with Crippen molar-refractivity contribution in [2.45, 2.75) is 4.90 Å². The van der Waals surface area contributed by atoms with Crippen molar-refractivity contribution < 1.29 is 12.6 Å². The van der Waals surface area contributed by atoms with Gasteiger partial charge in [-0.05, 0) is 48.5 Å². The van der Waals surface area contributed by atoms with Crippen LogP contribution in [0.3, 0.4) is 0 Å². The lowest BCUT2D eigenvalue weighted by atomic mass is 10.2. The minimum Gasteiger partial charge on any atom is -0.319 e. The molecule has 2 aromatic carbocycles. The maximum Gasteiger partial charge on any atom is 0.293 e. The molecule has 0 saturated heterocycles. The SMILES string of the molecule is CS(=O)(=O)S(=N)(=O)c1ccc(-c2nc3c4ccccc4nc(Nc4ccccnc4=O)n3n2)cc1. The first-order valence-electron chi connectivity index (χ1n) is 10.1. The quantitative estimate of drug-likeness (QED) is 0.341. The Labute approximate surface area is 198 Å². The molecule has 0 aliphatic rings. The van der Waals surface area contributed by atoms with Crippen molar-refractivity contribution in [3.05, 3.63) is 83.3 Å². The highest BCUT2D eigenvalue weighted by Gasteiger charge is 2.23. The molecule has 0 radical (unpaired) electrons. The molecule has 5 rings (SSSR count). The number of nitrogens with one attached hydrogen (secondary N) is 2. The van der Waals surface area contributed by atoms with Gasteiger partial charge in [-0.25, -0.2) is 32.4 Å². The van der Waals surface area contributed by atoms with Gasteiger partial charge in [-0.15, -0.1) is 5.10 Å². The summed E-state index contributed by atoms with van der Waals surface area (Å²) in [5, 5.41) is 8.24. The topological polar surface area (TPSA) is 160 Å². The fourth-order valence-corrected chi connectivity index (χ4v) is 5.61. The van der Waals surface area contributed by atoms with Gasteiger partial charge < -0.3 is 5.32 Å². The molecule has 5 aromatic rings. The summed E-state index contributed by atoms with van der Waals surface area (Å²) in [5.74, 6) is 0.526. The Morgan fingerprint density at radius 2 is 1.63 bits per heavy atom. The number of hydrogen-bond donors (Lipinski definition) is 2. The largest absolute Gasteiger partial charge is 0.319 e. The van der Waals surface area contributed by atoms with Gasteiger partial charge in [0.25, 0.3) is 5.56 Å². The summed E-state index contributed by atoms with van der Waals surface area (Å²) in [6.45, 7) is 0. The molecule has 0 bridgehead atoms. The van der Waals surface area contributed by atoms with Crippen molar-refractivity contribution in [2.24, 2.45) is 0 Å². The molecule has 0 fully saturated rings. The second-order valence-corrected chi connectivity index (χ2v) is 13.6. The lowest BCUT2D eigenvalue weighted by Gasteiger charge is -2.07. The number of anilines is 2. The van der Waals surface area contributed by atoms with E-state index >= 15 is 0 Å². The van der Waals surface area contributed by atoms with E-state index in [0.717, 1.165) is 11.6 Å². The van der Waals surface area contributed by atoms with Crippen LogP contribution in [0.1, 0.15) is 0 Å². The molecule has 0 amide bonds. The Kier molecular flexibility index (Phi) is 5.29. The first-order chi connectivity index (χ1) is 16.6. The van der Waals surface area contributed by atoms with E-state index in [9.17, 15) is 17.4 Å². The minimum absolute atomic E-state index is 0.130. The number of para-hydroxylation sites is 1. The number of rotatable bonds is 5. The number of hydrogen-bond acceptors (Lipinski definition) is 10. The third-order valence-electron chi connectivity index (χ3n) is 5.16. The summed E-state index contributed by atoms with van der Waals surface area (Å²) >= 11 is 0. The molecule has 0 saturated carbocycles. The van der Waals surface area contributed by atoms with E-state index in [1.165, 1.54) is 35.0 Å². The lowest BCUT2D eigenvalue weighted by Crippen LogP contribution is -2.12. The maximum absolute atomic E-state index is 12.4. The Morgan fingerprint density at radius 3 is 2.37 bits per heavy atom.